The first-order chi connectivity index (χ1) is 18.2. The molecule has 0 unspecified atom stereocenters. The molecule has 5 aromatic carbocycles. The van der Waals surface area contributed by atoms with E-state index in [0.29, 0.717) is 0 Å². The van der Waals surface area contributed by atoms with Crippen molar-refractivity contribution in [3.8, 4) is 0 Å². The summed E-state index contributed by atoms with van der Waals surface area (Å²) in [7, 11) is 2.41. The SMILES string of the molecule is C[N+](Cc1ccccc1)(Cc1ccccc1)Cc1cccc(Cc2ccccc2)c1Cc1ccccc1.[Cl-]. The van der Waals surface area contributed by atoms with Crippen LogP contribution in [0.15, 0.2) is 140 Å². The molecule has 0 aliphatic carbocycles. The maximum atomic E-state index is 2.41. The molecule has 0 heterocycles. The van der Waals surface area contributed by atoms with Crippen LogP contribution < -0.4 is 12.4 Å². The molecule has 1 nitrogen and oxygen atoms in total. The summed E-state index contributed by atoms with van der Waals surface area (Å²) in [6.45, 7) is 2.96. The summed E-state index contributed by atoms with van der Waals surface area (Å²) in [5.41, 5.74) is 9.84. The van der Waals surface area contributed by atoms with Crippen LogP contribution >= 0.6 is 0 Å². The first kappa shape index (κ1) is 27.4. The Morgan fingerprint density at radius 2 is 0.789 bits per heavy atom. The van der Waals surface area contributed by atoms with Crippen LogP contribution in [-0.4, -0.2) is 11.5 Å². The van der Waals surface area contributed by atoms with Gasteiger partial charge < -0.3 is 16.9 Å². The lowest BCUT2D eigenvalue weighted by Gasteiger charge is -2.36. The fourth-order valence-electron chi connectivity index (χ4n) is 5.47. The van der Waals surface area contributed by atoms with E-state index in [9.17, 15) is 0 Å². The fraction of sp³-hybridized carbons (Fsp3) is 0.167. The second-order valence-corrected chi connectivity index (χ2v) is 10.4. The van der Waals surface area contributed by atoms with Gasteiger partial charge in [-0.3, -0.25) is 0 Å². The van der Waals surface area contributed by atoms with E-state index in [1.165, 1.54) is 38.9 Å². The second-order valence-electron chi connectivity index (χ2n) is 10.4. The molecule has 0 bridgehead atoms. The van der Waals surface area contributed by atoms with Crippen LogP contribution in [-0.2, 0) is 32.5 Å². The number of quaternary nitrogens is 1. The Kier molecular flexibility index (Phi) is 9.54. The van der Waals surface area contributed by atoms with Gasteiger partial charge in [-0.1, -0.05) is 140 Å². The molecule has 0 radical (unpaired) electrons. The van der Waals surface area contributed by atoms with Crippen molar-refractivity contribution in [2.45, 2.75) is 32.5 Å². The Morgan fingerprint density at radius 1 is 0.395 bits per heavy atom. The zero-order chi connectivity index (χ0) is 25.3. The van der Waals surface area contributed by atoms with Crippen LogP contribution in [0.1, 0.15) is 38.9 Å². The van der Waals surface area contributed by atoms with Crippen LogP contribution in [0.4, 0.5) is 0 Å². The van der Waals surface area contributed by atoms with Crippen LogP contribution in [0.5, 0.6) is 0 Å². The molecular formula is C36H36ClN. The summed E-state index contributed by atoms with van der Waals surface area (Å²) < 4.78 is 0.921. The largest absolute Gasteiger partial charge is 1.00 e. The highest BCUT2D eigenvalue weighted by Gasteiger charge is 2.26. The average Bonchev–Trinajstić information content (AvgIpc) is 2.93. The van der Waals surface area contributed by atoms with Crippen molar-refractivity contribution in [1.82, 2.24) is 0 Å². The van der Waals surface area contributed by atoms with Gasteiger partial charge in [-0.25, -0.2) is 0 Å². The number of hydrogen-bond acceptors (Lipinski definition) is 0. The van der Waals surface area contributed by atoms with Gasteiger partial charge in [0.1, 0.15) is 19.6 Å². The van der Waals surface area contributed by atoms with Gasteiger partial charge in [-0.05, 0) is 35.1 Å². The maximum Gasteiger partial charge on any atom is 0.105 e. The normalized spacial score (nSPS) is 11.1. The molecule has 2 heteroatoms. The predicted octanol–water partition coefficient (Wildman–Crippen LogP) is 5.22. The minimum atomic E-state index is 0. The summed E-state index contributed by atoms with van der Waals surface area (Å²) in [5.74, 6) is 0. The van der Waals surface area contributed by atoms with Crippen LogP contribution in [0, 0.1) is 0 Å². The Balaban J connectivity index is 0.00000336. The van der Waals surface area contributed by atoms with Crippen LogP contribution in [0.2, 0.25) is 0 Å². The molecule has 0 saturated carbocycles. The Morgan fingerprint density at radius 3 is 1.26 bits per heavy atom. The highest BCUT2D eigenvalue weighted by atomic mass is 35.5. The predicted molar refractivity (Wildman–Crippen MR) is 155 cm³/mol. The minimum absolute atomic E-state index is 0. The fourth-order valence-corrected chi connectivity index (χ4v) is 5.47. The molecule has 0 atom stereocenters. The van der Waals surface area contributed by atoms with Gasteiger partial charge in [0.2, 0.25) is 0 Å². The van der Waals surface area contributed by atoms with Crippen molar-refractivity contribution in [2.75, 3.05) is 7.05 Å². The Labute approximate surface area is 234 Å². The molecule has 0 spiro atoms. The number of hydrogen-bond donors (Lipinski definition) is 0. The lowest BCUT2D eigenvalue weighted by atomic mass is 9.90. The van der Waals surface area contributed by atoms with Gasteiger partial charge in [-0.2, -0.15) is 0 Å². The van der Waals surface area contributed by atoms with E-state index in [-0.39, 0.29) is 12.4 Å². The van der Waals surface area contributed by atoms with Crippen LogP contribution in [0.3, 0.4) is 0 Å². The van der Waals surface area contributed by atoms with Gasteiger partial charge in [-0.15, -0.1) is 0 Å². The zero-order valence-corrected chi connectivity index (χ0v) is 22.9. The molecule has 0 amide bonds. The van der Waals surface area contributed by atoms with E-state index >= 15 is 0 Å². The van der Waals surface area contributed by atoms with Crippen molar-refractivity contribution < 1.29 is 16.9 Å². The van der Waals surface area contributed by atoms with Crippen LogP contribution in [0.25, 0.3) is 0 Å². The second kappa shape index (κ2) is 13.2. The lowest BCUT2D eigenvalue weighted by Crippen LogP contribution is -3.00. The molecule has 0 N–H and O–H groups in total. The van der Waals surface area contributed by atoms with Crippen molar-refractivity contribution in [3.63, 3.8) is 0 Å². The molecular weight excluding hydrogens is 482 g/mol. The third-order valence-corrected chi connectivity index (χ3v) is 7.20. The summed E-state index contributed by atoms with van der Waals surface area (Å²) in [4.78, 5) is 0. The highest BCUT2D eigenvalue weighted by Crippen LogP contribution is 2.28. The third kappa shape index (κ3) is 7.44. The lowest BCUT2D eigenvalue weighted by molar-refractivity contribution is -0.948. The first-order valence-corrected chi connectivity index (χ1v) is 13.3. The Bertz CT molecular complexity index is 1340. The van der Waals surface area contributed by atoms with E-state index in [2.05, 4.69) is 147 Å². The van der Waals surface area contributed by atoms with Crippen molar-refractivity contribution in [3.05, 3.63) is 178 Å². The number of nitrogens with zero attached hydrogens (tertiary/aromatic N) is 1. The monoisotopic (exact) mass is 517 g/mol. The van der Waals surface area contributed by atoms with Gasteiger partial charge in [0.15, 0.2) is 0 Å². The van der Waals surface area contributed by atoms with Crippen molar-refractivity contribution in [1.29, 1.82) is 0 Å². The molecule has 0 fully saturated rings. The summed E-state index contributed by atoms with van der Waals surface area (Å²) in [5, 5.41) is 0. The Hall–Kier alpha value is -3.65. The smallest absolute Gasteiger partial charge is 0.105 e. The molecule has 0 saturated heterocycles. The van der Waals surface area contributed by atoms with E-state index < -0.39 is 0 Å². The van der Waals surface area contributed by atoms with E-state index in [1.807, 2.05) is 0 Å². The summed E-state index contributed by atoms with van der Waals surface area (Å²) >= 11 is 0. The minimum Gasteiger partial charge on any atom is -1.00 e. The number of halogens is 1. The topological polar surface area (TPSA) is 0 Å². The quantitative estimate of drug-likeness (QED) is 0.223. The molecule has 5 rings (SSSR count). The number of benzene rings is 5. The van der Waals surface area contributed by atoms with Gasteiger partial charge in [0.25, 0.3) is 0 Å². The molecule has 0 aliphatic rings. The standard InChI is InChI=1S/C36H36N.ClH/c1-37(27-32-19-10-4-11-20-32,28-33-21-12-5-13-22-33)29-35-24-14-23-34(25-30-15-6-2-7-16-30)36(35)26-31-17-8-3-9-18-31;/h2-24H,25-29H2,1H3;1H/q+1;/p-1. The van der Waals surface area contributed by atoms with Crippen molar-refractivity contribution >= 4 is 0 Å². The molecule has 0 aliphatic heterocycles. The van der Waals surface area contributed by atoms with Crippen molar-refractivity contribution in [2.24, 2.45) is 0 Å². The molecule has 192 valence electrons. The highest BCUT2D eigenvalue weighted by molar-refractivity contribution is 5.41. The van der Waals surface area contributed by atoms with E-state index in [0.717, 1.165) is 37.0 Å². The molecule has 38 heavy (non-hydrogen) atoms. The maximum absolute atomic E-state index is 2.41. The summed E-state index contributed by atoms with van der Waals surface area (Å²) in [6.07, 6.45) is 1.91. The average molecular weight is 518 g/mol. The van der Waals surface area contributed by atoms with Gasteiger partial charge in [0, 0.05) is 16.7 Å². The van der Waals surface area contributed by atoms with Gasteiger partial charge >= 0.3 is 0 Å². The third-order valence-electron chi connectivity index (χ3n) is 7.20. The van der Waals surface area contributed by atoms with E-state index in [4.69, 9.17) is 0 Å². The summed E-state index contributed by atoms with van der Waals surface area (Å²) in [6, 6.07) is 50.6. The first-order valence-electron chi connectivity index (χ1n) is 13.3. The zero-order valence-electron chi connectivity index (χ0n) is 22.1. The van der Waals surface area contributed by atoms with Gasteiger partial charge in [0.05, 0.1) is 7.05 Å². The van der Waals surface area contributed by atoms with E-state index in [1.54, 1.807) is 0 Å². The number of rotatable bonds is 10. The molecule has 5 aromatic rings. The molecule has 0 aromatic heterocycles.